The van der Waals surface area contributed by atoms with Crippen molar-refractivity contribution in [3.05, 3.63) is 17.8 Å². The van der Waals surface area contributed by atoms with Gasteiger partial charge in [-0.25, -0.2) is 9.78 Å². The van der Waals surface area contributed by atoms with Gasteiger partial charge in [0.1, 0.15) is 5.82 Å². The molecule has 0 atom stereocenters. The SMILES string of the molecule is COC(=O)c1ccc(N)c(NCC2(C#N)CC2)n1. The Bertz CT molecular complexity index is 517. The van der Waals surface area contributed by atoms with Crippen molar-refractivity contribution >= 4 is 17.5 Å². The molecule has 94 valence electrons. The van der Waals surface area contributed by atoms with Crippen LogP contribution >= 0.6 is 0 Å². The Labute approximate surface area is 105 Å². The second kappa shape index (κ2) is 4.53. The minimum absolute atomic E-state index is 0.191. The lowest BCUT2D eigenvalue weighted by atomic mass is 10.1. The van der Waals surface area contributed by atoms with Gasteiger partial charge in [-0.2, -0.15) is 5.26 Å². The Morgan fingerprint density at radius 3 is 2.94 bits per heavy atom. The molecule has 6 heteroatoms. The molecule has 1 heterocycles. The lowest BCUT2D eigenvalue weighted by Crippen LogP contribution is -2.16. The molecule has 1 aromatic rings. The molecule has 18 heavy (non-hydrogen) atoms. The van der Waals surface area contributed by atoms with Crippen LogP contribution in [-0.4, -0.2) is 24.6 Å². The molecule has 1 aromatic heterocycles. The van der Waals surface area contributed by atoms with E-state index in [2.05, 4.69) is 21.1 Å². The number of nitrogen functional groups attached to an aromatic ring is 1. The molecule has 0 bridgehead atoms. The molecular weight excluding hydrogens is 232 g/mol. The third kappa shape index (κ3) is 2.35. The van der Waals surface area contributed by atoms with E-state index in [1.807, 2.05) is 0 Å². The van der Waals surface area contributed by atoms with Gasteiger partial charge >= 0.3 is 5.97 Å². The number of nitrogens with one attached hydrogen (secondary N) is 1. The van der Waals surface area contributed by atoms with Crippen LogP contribution in [0.5, 0.6) is 0 Å². The van der Waals surface area contributed by atoms with Gasteiger partial charge in [0.15, 0.2) is 5.69 Å². The van der Waals surface area contributed by atoms with Crippen LogP contribution in [-0.2, 0) is 4.74 Å². The molecule has 0 aliphatic heterocycles. The van der Waals surface area contributed by atoms with Crippen LogP contribution in [0.1, 0.15) is 23.3 Å². The Morgan fingerprint density at radius 2 is 2.39 bits per heavy atom. The van der Waals surface area contributed by atoms with Crippen LogP contribution in [0.2, 0.25) is 0 Å². The average Bonchev–Trinajstić information content (AvgIpc) is 3.17. The zero-order chi connectivity index (χ0) is 13.2. The van der Waals surface area contributed by atoms with Crippen LogP contribution in [0.25, 0.3) is 0 Å². The maximum atomic E-state index is 11.3. The molecule has 3 N–H and O–H groups in total. The summed E-state index contributed by atoms with van der Waals surface area (Å²) in [6, 6.07) is 5.36. The van der Waals surface area contributed by atoms with E-state index in [1.54, 1.807) is 6.07 Å². The summed E-state index contributed by atoms with van der Waals surface area (Å²) in [6.07, 6.45) is 1.76. The lowest BCUT2D eigenvalue weighted by molar-refractivity contribution is 0.0594. The lowest BCUT2D eigenvalue weighted by Gasteiger charge is -2.11. The van der Waals surface area contributed by atoms with Gasteiger partial charge in [0.2, 0.25) is 0 Å². The maximum absolute atomic E-state index is 11.3. The molecule has 0 saturated heterocycles. The third-order valence-corrected chi connectivity index (χ3v) is 3.01. The molecular formula is C12H14N4O2. The van der Waals surface area contributed by atoms with Gasteiger partial charge in [-0.15, -0.1) is 0 Å². The van der Waals surface area contributed by atoms with E-state index in [9.17, 15) is 4.79 Å². The normalized spacial score (nSPS) is 15.6. The first-order valence-corrected chi connectivity index (χ1v) is 5.60. The summed E-state index contributed by atoms with van der Waals surface area (Å²) in [7, 11) is 1.29. The van der Waals surface area contributed by atoms with Crippen molar-refractivity contribution in [2.45, 2.75) is 12.8 Å². The summed E-state index contributed by atoms with van der Waals surface area (Å²) in [4.78, 5) is 15.4. The molecule has 1 fully saturated rings. The number of nitrogens with two attached hydrogens (primary N) is 1. The molecule has 6 nitrogen and oxygen atoms in total. The fourth-order valence-electron chi connectivity index (χ4n) is 1.56. The third-order valence-electron chi connectivity index (χ3n) is 3.01. The van der Waals surface area contributed by atoms with E-state index >= 15 is 0 Å². The topological polar surface area (TPSA) is 101 Å². The Kier molecular flexibility index (Phi) is 3.06. The number of methoxy groups -OCH3 is 1. The molecule has 1 aliphatic carbocycles. The van der Waals surface area contributed by atoms with Gasteiger partial charge in [0.25, 0.3) is 0 Å². The maximum Gasteiger partial charge on any atom is 0.356 e. The van der Waals surface area contributed by atoms with Crippen LogP contribution in [0.3, 0.4) is 0 Å². The highest BCUT2D eigenvalue weighted by Gasteiger charge is 2.43. The number of anilines is 2. The molecule has 0 radical (unpaired) electrons. The Hall–Kier alpha value is -2.29. The predicted octanol–water partition coefficient (Wildman–Crippen LogP) is 1.17. The van der Waals surface area contributed by atoms with E-state index in [4.69, 9.17) is 11.0 Å². The number of carbonyl (C=O) groups excluding carboxylic acids is 1. The number of pyridine rings is 1. The zero-order valence-corrected chi connectivity index (χ0v) is 10.1. The summed E-state index contributed by atoms with van der Waals surface area (Å²) >= 11 is 0. The number of aromatic nitrogens is 1. The van der Waals surface area contributed by atoms with Gasteiger partial charge in [-0.3, -0.25) is 0 Å². The van der Waals surface area contributed by atoms with E-state index in [0.717, 1.165) is 12.8 Å². The molecule has 1 aliphatic rings. The number of hydrogen-bond acceptors (Lipinski definition) is 6. The summed E-state index contributed by atoms with van der Waals surface area (Å²) in [5.41, 5.74) is 6.10. The summed E-state index contributed by atoms with van der Waals surface area (Å²) in [5.74, 6) is -0.0982. The molecule has 2 rings (SSSR count). The number of carbonyl (C=O) groups is 1. The monoisotopic (exact) mass is 246 g/mol. The highest BCUT2D eigenvalue weighted by molar-refractivity contribution is 5.88. The Balaban J connectivity index is 2.12. The van der Waals surface area contributed by atoms with Crippen molar-refractivity contribution in [2.24, 2.45) is 5.41 Å². The summed E-state index contributed by atoms with van der Waals surface area (Å²) < 4.78 is 4.59. The minimum atomic E-state index is -0.514. The number of hydrogen-bond donors (Lipinski definition) is 2. The molecule has 0 amide bonds. The first kappa shape index (κ1) is 12.2. The van der Waals surface area contributed by atoms with Gasteiger partial charge in [0.05, 0.1) is 24.3 Å². The van der Waals surface area contributed by atoms with Crippen molar-refractivity contribution in [3.8, 4) is 6.07 Å². The molecule has 0 spiro atoms. The minimum Gasteiger partial charge on any atom is -0.464 e. The van der Waals surface area contributed by atoms with Crippen molar-refractivity contribution in [2.75, 3.05) is 24.7 Å². The first-order chi connectivity index (χ1) is 8.60. The summed E-state index contributed by atoms with van der Waals surface area (Å²) in [6.45, 7) is 0.491. The van der Waals surface area contributed by atoms with Crippen molar-refractivity contribution in [3.63, 3.8) is 0 Å². The van der Waals surface area contributed by atoms with Crippen molar-refractivity contribution in [1.82, 2.24) is 4.98 Å². The quantitative estimate of drug-likeness (QED) is 0.773. The number of nitrogens with zero attached hydrogens (tertiary/aromatic N) is 2. The van der Waals surface area contributed by atoms with Gasteiger partial charge < -0.3 is 15.8 Å². The van der Waals surface area contributed by atoms with E-state index in [1.165, 1.54) is 13.2 Å². The smallest absolute Gasteiger partial charge is 0.356 e. The number of ether oxygens (including phenoxy) is 1. The second-order valence-corrected chi connectivity index (χ2v) is 4.37. The first-order valence-electron chi connectivity index (χ1n) is 5.60. The molecule has 1 saturated carbocycles. The van der Waals surface area contributed by atoms with E-state index in [0.29, 0.717) is 18.1 Å². The Morgan fingerprint density at radius 1 is 1.67 bits per heavy atom. The number of nitriles is 1. The van der Waals surface area contributed by atoms with E-state index < -0.39 is 5.97 Å². The van der Waals surface area contributed by atoms with Gasteiger partial charge in [-0.1, -0.05) is 0 Å². The largest absolute Gasteiger partial charge is 0.464 e. The number of esters is 1. The van der Waals surface area contributed by atoms with Crippen LogP contribution in [0.4, 0.5) is 11.5 Å². The second-order valence-electron chi connectivity index (χ2n) is 4.37. The van der Waals surface area contributed by atoms with Crippen LogP contribution in [0, 0.1) is 16.7 Å². The fourth-order valence-corrected chi connectivity index (χ4v) is 1.56. The van der Waals surface area contributed by atoms with Crippen molar-refractivity contribution < 1.29 is 9.53 Å². The molecule has 0 aromatic carbocycles. The predicted molar refractivity (Wildman–Crippen MR) is 65.8 cm³/mol. The summed E-state index contributed by atoms with van der Waals surface area (Å²) in [5, 5.41) is 12.0. The molecule has 0 unspecified atom stereocenters. The van der Waals surface area contributed by atoms with Crippen molar-refractivity contribution in [1.29, 1.82) is 5.26 Å². The van der Waals surface area contributed by atoms with E-state index in [-0.39, 0.29) is 11.1 Å². The van der Waals surface area contributed by atoms with Crippen LogP contribution in [0.15, 0.2) is 12.1 Å². The zero-order valence-electron chi connectivity index (χ0n) is 10.1. The standard InChI is InChI=1S/C12H14N4O2/c1-18-11(17)9-3-2-8(14)10(16-9)15-7-12(6-13)4-5-12/h2-3H,4-5,7,14H2,1H3,(H,15,16). The van der Waals surface area contributed by atoms with Gasteiger partial charge in [-0.05, 0) is 25.0 Å². The van der Waals surface area contributed by atoms with Gasteiger partial charge in [0, 0.05) is 6.54 Å². The van der Waals surface area contributed by atoms with Crippen LogP contribution < -0.4 is 11.1 Å². The highest BCUT2D eigenvalue weighted by Crippen LogP contribution is 2.44. The average molecular weight is 246 g/mol. The number of rotatable bonds is 4. The highest BCUT2D eigenvalue weighted by atomic mass is 16.5. The fraction of sp³-hybridized carbons (Fsp3) is 0.417.